The maximum Gasteiger partial charge on any atom is 0.309 e. The number of benzene rings is 2. The number of nitrogens with one attached hydrogen (secondary N) is 3. The Bertz CT molecular complexity index is 1120. The number of nitrogens with zero attached hydrogens (tertiary/aromatic N) is 1. The number of β-amino-alcohol motifs (C(OH)–C–C–N with tert-alkyl or cyclic N) is 1. The molecule has 1 aliphatic heterocycles. The molecule has 33 heavy (non-hydrogen) atoms. The molecule has 1 saturated heterocycles. The molecule has 4 rings (SSSR count). The van der Waals surface area contributed by atoms with Gasteiger partial charge in [0, 0.05) is 49.8 Å². The van der Waals surface area contributed by atoms with Crippen LogP contribution in [0.4, 0.5) is 0 Å². The molecule has 0 saturated carbocycles. The van der Waals surface area contributed by atoms with E-state index in [1.165, 1.54) is 5.56 Å². The van der Waals surface area contributed by atoms with Crippen molar-refractivity contribution < 1.29 is 14.7 Å². The first-order chi connectivity index (χ1) is 16.0. The van der Waals surface area contributed by atoms with Crippen LogP contribution in [0.15, 0.2) is 48.7 Å². The summed E-state index contributed by atoms with van der Waals surface area (Å²) in [5.41, 5.74) is 5.61. The number of aliphatic hydroxyl groups is 1. The molecule has 7 heteroatoms. The summed E-state index contributed by atoms with van der Waals surface area (Å²) < 4.78 is 0. The van der Waals surface area contributed by atoms with Crippen LogP contribution in [-0.4, -0.2) is 52.5 Å². The quantitative estimate of drug-likeness (QED) is 0.398. The zero-order chi connectivity index (χ0) is 23.2. The molecule has 1 aliphatic rings. The number of fused-ring (bicyclic) bond motifs is 1. The Hall–Kier alpha value is -3.16. The van der Waals surface area contributed by atoms with Gasteiger partial charge in [0.25, 0.3) is 0 Å². The fourth-order valence-corrected chi connectivity index (χ4v) is 4.50. The van der Waals surface area contributed by atoms with E-state index >= 15 is 0 Å². The summed E-state index contributed by atoms with van der Waals surface area (Å²) in [6, 6.07) is 14.1. The monoisotopic (exact) mass is 448 g/mol. The second-order valence-electron chi connectivity index (χ2n) is 8.64. The maximum absolute atomic E-state index is 12.3. The van der Waals surface area contributed by atoms with E-state index in [0.29, 0.717) is 26.1 Å². The van der Waals surface area contributed by atoms with E-state index in [-0.39, 0.29) is 6.10 Å². The van der Waals surface area contributed by atoms with Gasteiger partial charge in [-0.1, -0.05) is 49.4 Å². The molecule has 0 spiro atoms. The first-order valence-corrected chi connectivity index (χ1v) is 11.7. The standard InChI is InChI=1S/C26H32N4O3/c1-2-18-8-5-9-23-20(15-28-24(18)23)10-12-27-25(32)26(33)29-14-19-6-3-4-7-21(19)16-30-13-11-22(31)17-30/h3-9,15,22,28,31H,2,10-14,16-17H2,1H3,(H,27,32)(H,29,33). The van der Waals surface area contributed by atoms with Crippen LogP contribution < -0.4 is 10.6 Å². The summed E-state index contributed by atoms with van der Waals surface area (Å²) in [4.78, 5) is 30.2. The molecular weight excluding hydrogens is 416 g/mol. The minimum Gasteiger partial charge on any atom is -0.392 e. The molecule has 174 valence electrons. The molecule has 2 heterocycles. The fraction of sp³-hybridized carbons (Fsp3) is 0.385. The molecule has 7 nitrogen and oxygen atoms in total. The van der Waals surface area contributed by atoms with Crippen LogP contribution in [0, 0.1) is 0 Å². The van der Waals surface area contributed by atoms with Gasteiger partial charge in [0.2, 0.25) is 0 Å². The van der Waals surface area contributed by atoms with E-state index in [0.717, 1.165) is 53.5 Å². The highest BCUT2D eigenvalue weighted by molar-refractivity contribution is 6.35. The van der Waals surface area contributed by atoms with Gasteiger partial charge in [-0.3, -0.25) is 14.5 Å². The number of aryl methyl sites for hydroxylation is 1. The van der Waals surface area contributed by atoms with Gasteiger partial charge >= 0.3 is 11.8 Å². The zero-order valence-electron chi connectivity index (χ0n) is 19.1. The number of amides is 2. The van der Waals surface area contributed by atoms with Crippen molar-refractivity contribution in [3.63, 3.8) is 0 Å². The first kappa shape index (κ1) is 23.0. The summed E-state index contributed by atoms with van der Waals surface area (Å²) >= 11 is 0. The molecule has 1 unspecified atom stereocenters. The molecule has 1 aromatic heterocycles. The number of carbonyl (C=O) groups is 2. The van der Waals surface area contributed by atoms with Gasteiger partial charge in [-0.2, -0.15) is 0 Å². The van der Waals surface area contributed by atoms with Crippen LogP contribution in [0.2, 0.25) is 0 Å². The van der Waals surface area contributed by atoms with E-state index in [4.69, 9.17) is 0 Å². The molecule has 1 fully saturated rings. The van der Waals surface area contributed by atoms with Crippen LogP contribution in [-0.2, 0) is 35.5 Å². The molecule has 2 aromatic carbocycles. The highest BCUT2D eigenvalue weighted by Gasteiger charge is 2.21. The maximum atomic E-state index is 12.3. The predicted molar refractivity (Wildman–Crippen MR) is 129 cm³/mol. The molecule has 0 aliphatic carbocycles. The largest absolute Gasteiger partial charge is 0.392 e. The molecule has 2 amide bonds. The number of rotatable bonds is 8. The van der Waals surface area contributed by atoms with Gasteiger partial charge in [-0.05, 0) is 41.5 Å². The third-order valence-electron chi connectivity index (χ3n) is 6.35. The van der Waals surface area contributed by atoms with Crippen molar-refractivity contribution in [2.45, 2.75) is 45.4 Å². The van der Waals surface area contributed by atoms with Gasteiger partial charge in [0.05, 0.1) is 6.10 Å². The van der Waals surface area contributed by atoms with E-state index < -0.39 is 11.8 Å². The fourth-order valence-electron chi connectivity index (χ4n) is 4.50. The third kappa shape index (κ3) is 5.61. The van der Waals surface area contributed by atoms with E-state index in [1.54, 1.807) is 0 Å². The van der Waals surface area contributed by atoms with Crippen LogP contribution in [0.3, 0.4) is 0 Å². The number of aromatic nitrogens is 1. The SMILES string of the molecule is CCc1cccc2c(CCNC(=O)C(=O)NCc3ccccc3CN3CCC(O)C3)c[nH]c12. The van der Waals surface area contributed by atoms with Crippen LogP contribution in [0.1, 0.15) is 35.6 Å². The van der Waals surface area contributed by atoms with Gasteiger partial charge in [-0.15, -0.1) is 0 Å². The van der Waals surface area contributed by atoms with Crippen molar-refractivity contribution in [3.8, 4) is 0 Å². The normalized spacial score (nSPS) is 16.2. The van der Waals surface area contributed by atoms with Crippen LogP contribution in [0.5, 0.6) is 0 Å². The lowest BCUT2D eigenvalue weighted by molar-refractivity contribution is -0.139. The van der Waals surface area contributed by atoms with Gasteiger partial charge in [0.15, 0.2) is 0 Å². The summed E-state index contributed by atoms with van der Waals surface area (Å²) in [5, 5.41) is 16.4. The minimum absolute atomic E-state index is 0.265. The van der Waals surface area contributed by atoms with Crippen LogP contribution in [0.25, 0.3) is 10.9 Å². The Morgan fingerprint density at radius 2 is 1.79 bits per heavy atom. The Balaban J connectivity index is 1.26. The van der Waals surface area contributed by atoms with Crippen molar-refractivity contribution >= 4 is 22.7 Å². The van der Waals surface area contributed by atoms with Gasteiger partial charge in [-0.25, -0.2) is 0 Å². The number of hydrogen-bond donors (Lipinski definition) is 4. The molecule has 0 radical (unpaired) electrons. The number of likely N-dealkylation sites (tertiary alicyclic amines) is 1. The summed E-state index contributed by atoms with van der Waals surface area (Å²) in [6.07, 6.45) is 4.11. The van der Waals surface area contributed by atoms with E-state index in [9.17, 15) is 14.7 Å². The number of carbonyl (C=O) groups excluding carboxylic acids is 2. The Kier molecular flexibility index (Phi) is 7.42. The number of aromatic amines is 1. The van der Waals surface area contributed by atoms with Gasteiger partial charge < -0.3 is 20.7 Å². The number of aliphatic hydroxyl groups excluding tert-OH is 1. The number of hydrogen-bond acceptors (Lipinski definition) is 4. The second kappa shape index (κ2) is 10.6. The minimum atomic E-state index is -0.631. The highest BCUT2D eigenvalue weighted by Crippen LogP contribution is 2.22. The van der Waals surface area contributed by atoms with Crippen molar-refractivity contribution in [2.75, 3.05) is 19.6 Å². The van der Waals surface area contributed by atoms with Crippen molar-refractivity contribution in [3.05, 3.63) is 70.9 Å². The zero-order valence-corrected chi connectivity index (χ0v) is 19.1. The third-order valence-corrected chi connectivity index (χ3v) is 6.35. The Morgan fingerprint density at radius 3 is 2.55 bits per heavy atom. The topological polar surface area (TPSA) is 97.5 Å². The van der Waals surface area contributed by atoms with Crippen molar-refractivity contribution in [1.82, 2.24) is 20.5 Å². The van der Waals surface area contributed by atoms with Crippen LogP contribution >= 0.6 is 0 Å². The predicted octanol–water partition coefficient (Wildman–Crippen LogP) is 2.27. The Morgan fingerprint density at radius 1 is 1.03 bits per heavy atom. The average Bonchev–Trinajstić information content (AvgIpc) is 3.43. The lowest BCUT2D eigenvalue weighted by Gasteiger charge is -2.18. The summed E-state index contributed by atoms with van der Waals surface area (Å²) in [5.74, 6) is -1.25. The number of H-pyrrole nitrogens is 1. The summed E-state index contributed by atoms with van der Waals surface area (Å²) in [7, 11) is 0. The molecule has 4 N–H and O–H groups in total. The lowest BCUT2D eigenvalue weighted by atomic mass is 10.1. The average molecular weight is 449 g/mol. The summed E-state index contributed by atoms with van der Waals surface area (Å²) in [6.45, 7) is 5.06. The van der Waals surface area contributed by atoms with Crippen molar-refractivity contribution in [2.24, 2.45) is 0 Å². The molecule has 3 aromatic rings. The molecule has 0 bridgehead atoms. The van der Waals surface area contributed by atoms with E-state index in [2.05, 4.69) is 39.6 Å². The lowest BCUT2D eigenvalue weighted by Crippen LogP contribution is -2.40. The van der Waals surface area contributed by atoms with E-state index in [1.807, 2.05) is 36.5 Å². The Labute approximate surface area is 194 Å². The molecule has 1 atom stereocenters. The van der Waals surface area contributed by atoms with Gasteiger partial charge in [0.1, 0.15) is 0 Å². The first-order valence-electron chi connectivity index (χ1n) is 11.7. The van der Waals surface area contributed by atoms with Crippen molar-refractivity contribution in [1.29, 1.82) is 0 Å². The smallest absolute Gasteiger partial charge is 0.309 e. The second-order valence-corrected chi connectivity index (χ2v) is 8.64. The molecular formula is C26H32N4O3. The highest BCUT2D eigenvalue weighted by atomic mass is 16.3. The number of para-hydroxylation sites is 1.